The van der Waals surface area contributed by atoms with Crippen molar-refractivity contribution in [3.63, 3.8) is 0 Å². The number of phenols is 1. The van der Waals surface area contributed by atoms with E-state index in [1.807, 2.05) is 26.0 Å². The number of phenolic OH excluding ortho intramolecular Hbond substituents is 1. The van der Waals surface area contributed by atoms with Gasteiger partial charge in [0.25, 0.3) is 0 Å². The van der Waals surface area contributed by atoms with E-state index in [0.717, 1.165) is 23.1 Å². The molecule has 0 spiro atoms. The number of carbonyl (C=O) groups excluding carboxylic acids is 2. The highest BCUT2D eigenvalue weighted by Gasteiger charge is 2.26. The van der Waals surface area contributed by atoms with E-state index in [4.69, 9.17) is 0 Å². The molecule has 0 heterocycles. The Morgan fingerprint density at radius 3 is 1.86 bits per heavy atom. The van der Waals surface area contributed by atoms with E-state index in [2.05, 4.69) is 52.2 Å². The molecule has 0 saturated carbocycles. The van der Waals surface area contributed by atoms with Gasteiger partial charge in [0, 0.05) is 12.5 Å². The molecule has 0 fully saturated rings. The van der Waals surface area contributed by atoms with Crippen molar-refractivity contribution in [3.8, 4) is 5.75 Å². The van der Waals surface area contributed by atoms with Gasteiger partial charge in [-0.25, -0.2) is 0 Å². The van der Waals surface area contributed by atoms with Crippen LogP contribution in [0.15, 0.2) is 12.1 Å². The molecule has 0 aliphatic rings. The van der Waals surface area contributed by atoms with Crippen LogP contribution < -0.4 is 10.6 Å². The van der Waals surface area contributed by atoms with E-state index >= 15 is 0 Å². The van der Waals surface area contributed by atoms with Crippen LogP contribution in [0.5, 0.6) is 5.75 Å². The average Bonchev–Trinajstić information content (AvgIpc) is 2.58. The van der Waals surface area contributed by atoms with Gasteiger partial charge < -0.3 is 15.7 Å². The van der Waals surface area contributed by atoms with E-state index < -0.39 is 6.04 Å². The predicted molar refractivity (Wildman–Crippen MR) is 119 cm³/mol. The molecule has 5 heteroatoms. The van der Waals surface area contributed by atoms with Crippen LogP contribution >= 0.6 is 0 Å². The minimum atomic E-state index is -0.563. The second kappa shape index (κ2) is 9.64. The van der Waals surface area contributed by atoms with E-state index in [0.29, 0.717) is 18.6 Å². The monoisotopic (exact) mass is 404 g/mol. The van der Waals surface area contributed by atoms with Crippen LogP contribution in [-0.4, -0.2) is 29.0 Å². The first-order chi connectivity index (χ1) is 13.2. The Morgan fingerprint density at radius 1 is 0.966 bits per heavy atom. The highest BCUT2D eigenvalue weighted by molar-refractivity contribution is 5.87. The minimum Gasteiger partial charge on any atom is -0.507 e. The van der Waals surface area contributed by atoms with Crippen LogP contribution in [0.2, 0.25) is 0 Å². The Balaban J connectivity index is 2.91. The molecule has 1 aromatic carbocycles. The molecule has 0 saturated heterocycles. The third kappa shape index (κ3) is 7.37. The van der Waals surface area contributed by atoms with Crippen LogP contribution in [0.1, 0.15) is 91.8 Å². The van der Waals surface area contributed by atoms with Crippen molar-refractivity contribution < 1.29 is 14.7 Å². The van der Waals surface area contributed by atoms with Gasteiger partial charge in [-0.15, -0.1) is 0 Å². The van der Waals surface area contributed by atoms with Gasteiger partial charge in [0.2, 0.25) is 11.8 Å². The maximum atomic E-state index is 12.4. The Bertz CT molecular complexity index is 692. The van der Waals surface area contributed by atoms with E-state index in [1.165, 1.54) is 0 Å². The fraction of sp³-hybridized carbons (Fsp3) is 0.667. The van der Waals surface area contributed by atoms with Crippen LogP contribution in [0.25, 0.3) is 0 Å². The first-order valence-corrected chi connectivity index (χ1v) is 10.6. The third-order valence-electron chi connectivity index (χ3n) is 5.20. The molecule has 0 radical (unpaired) electrons. The summed E-state index contributed by atoms with van der Waals surface area (Å²) in [5.41, 5.74) is 2.39. The van der Waals surface area contributed by atoms with Crippen molar-refractivity contribution in [2.45, 2.75) is 104 Å². The molecule has 1 rings (SSSR count). The number of amides is 2. The number of aromatic hydroxyl groups is 1. The fourth-order valence-corrected chi connectivity index (χ4v) is 3.09. The van der Waals surface area contributed by atoms with Crippen molar-refractivity contribution in [2.75, 3.05) is 0 Å². The second-order valence-corrected chi connectivity index (χ2v) is 10.1. The summed E-state index contributed by atoms with van der Waals surface area (Å²) in [7, 11) is 0. The van der Waals surface area contributed by atoms with Crippen molar-refractivity contribution in [1.29, 1.82) is 0 Å². The van der Waals surface area contributed by atoms with E-state index in [9.17, 15) is 14.7 Å². The summed E-state index contributed by atoms with van der Waals surface area (Å²) in [6, 6.07) is 3.52. The van der Waals surface area contributed by atoms with Crippen molar-refractivity contribution >= 4 is 11.8 Å². The Labute approximate surface area is 176 Å². The lowest BCUT2D eigenvalue weighted by Crippen LogP contribution is -2.47. The number of hydrogen-bond acceptors (Lipinski definition) is 3. The highest BCUT2D eigenvalue weighted by atomic mass is 16.3. The quantitative estimate of drug-likeness (QED) is 0.632. The summed E-state index contributed by atoms with van der Waals surface area (Å²) >= 11 is 0. The van der Waals surface area contributed by atoms with Gasteiger partial charge >= 0.3 is 0 Å². The molecule has 2 unspecified atom stereocenters. The van der Waals surface area contributed by atoms with Crippen LogP contribution in [0, 0.1) is 0 Å². The van der Waals surface area contributed by atoms with Gasteiger partial charge in [-0.3, -0.25) is 9.59 Å². The topological polar surface area (TPSA) is 78.4 Å². The zero-order valence-corrected chi connectivity index (χ0v) is 19.7. The summed E-state index contributed by atoms with van der Waals surface area (Å²) in [6.07, 6.45) is 1.69. The number of nitrogens with one attached hydrogen (secondary N) is 2. The molecule has 3 N–H and O–H groups in total. The molecule has 5 nitrogen and oxygen atoms in total. The number of hydrogen-bond donors (Lipinski definition) is 3. The fourth-order valence-electron chi connectivity index (χ4n) is 3.09. The molecule has 1 aromatic rings. The third-order valence-corrected chi connectivity index (χ3v) is 5.20. The van der Waals surface area contributed by atoms with Gasteiger partial charge in [0.15, 0.2) is 0 Å². The molecular weight excluding hydrogens is 364 g/mol. The first kappa shape index (κ1) is 25.0. The first-order valence-electron chi connectivity index (χ1n) is 10.6. The van der Waals surface area contributed by atoms with Gasteiger partial charge in [-0.05, 0) is 54.2 Å². The standard InChI is InChI=1S/C24H40N2O3/c1-10-15(2)25-22(29)16(3)26-20(27)12-11-17-13-18(23(4,5)6)21(28)19(14-17)24(7,8)9/h13-16,28H,10-12H2,1-9H3,(H,25,29)(H,26,27). The van der Waals surface area contributed by atoms with E-state index in [1.54, 1.807) is 6.92 Å². The Kier molecular flexibility index (Phi) is 8.31. The largest absolute Gasteiger partial charge is 0.507 e. The summed E-state index contributed by atoms with van der Waals surface area (Å²) in [5.74, 6) is 0.0235. The molecule has 164 valence electrons. The number of carbonyl (C=O) groups is 2. The van der Waals surface area contributed by atoms with Crippen molar-refractivity contribution in [2.24, 2.45) is 0 Å². The molecule has 29 heavy (non-hydrogen) atoms. The average molecular weight is 405 g/mol. The minimum absolute atomic E-state index is 0.0884. The number of benzene rings is 1. The van der Waals surface area contributed by atoms with Gasteiger partial charge in [0.1, 0.15) is 11.8 Å². The van der Waals surface area contributed by atoms with Crippen LogP contribution in [0.3, 0.4) is 0 Å². The lowest BCUT2D eigenvalue weighted by atomic mass is 9.78. The number of aryl methyl sites for hydroxylation is 1. The van der Waals surface area contributed by atoms with Crippen LogP contribution in [-0.2, 0) is 26.8 Å². The smallest absolute Gasteiger partial charge is 0.242 e. The summed E-state index contributed by atoms with van der Waals surface area (Å²) in [5, 5.41) is 16.5. The molecule has 0 aliphatic carbocycles. The Hall–Kier alpha value is -2.04. The normalized spacial score (nSPS) is 14.2. The molecule has 0 aromatic heterocycles. The van der Waals surface area contributed by atoms with Crippen molar-refractivity contribution in [3.05, 3.63) is 28.8 Å². The number of rotatable bonds is 7. The SMILES string of the molecule is CCC(C)NC(=O)C(C)NC(=O)CCc1cc(C(C)(C)C)c(O)c(C(C)(C)C)c1. The lowest BCUT2D eigenvalue weighted by Gasteiger charge is -2.28. The maximum Gasteiger partial charge on any atom is 0.242 e. The zero-order valence-electron chi connectivity index (χ0n) is 19.7. The highest BCUT2D eigenvalue weighted by Crippen LogP contribution is 2.39. The molecule has 0 bridgehead atoms. The van der Waals surface area contributed by atoms with Gasteiger partial charge in [0.05, 0.1) is 0 Å². The van der Waals surface area contributed by atoms with Gasteiger partial charge in [-0.1, -0.05) is 60.6 Å². The maximum absolute atomic E-state index is 12.4. The van der Waals surface area contributed by atoms with E-state index in [-0.39, 0.29) is 28.7 Å². The lowest BCUT2D eigenvalue weighted by molar-refractivity contribution is -0.128. The molecule has 0 aliphatic heterocycles. The molecular formula is C24H40N2O3. The van der Waals surface area contributed by atoms with Crippen molar-refractivity contribution in [1.82, 2.24) is 10.6 Å². The second-order valence-electron chi connectivity index (χ2n) is 10.1. The summed E-state index contributed by atoms with van der Waals surface area (Å²) in [4.78, 5) is 24.5. The Morgan fingerprint density at radius 2 is 1.45 bits per heavy atom. The van der Waals surface area contributed by atoms with Gasteiger partial charge in [-0.2, -0.15) is 0 Å². The summed E-state index contributed by atoms with van der Waals surface area (Å²) in [6.45, 7) is 18.1. The predicted octanol–water partition coefficient (Wildman–Crippen LogP) is 4.34. The summed E-state index contributed by atoms with van der Waals surface area (Å²) < 4.78 is 0. The van der Waals surface area contributed by atoms with Crippen LogP contribution in [0.4, 0.5) is 0 Å². The molecule has 2 amide bonds. The molecule has 2 atom stereocenters. The zero-order chi connectivity index (χ0) is 22.6.